The van der Waals surface area contributed by atoms with Crippen LogP contribution in [0.5, 0.6) is 5.75 Å². The summed E-state index contributed by atoms with van der Waals surface area (Å²) in [6.45, 7) is 2.08. The van der Waals surface area contributed by atoms with Crippen molar-refractivity contribution in [3.8, 4) is 16.3 Å². The van der Waals surface area contributed by atoms with Crippen molar-refractivity contribution in [2.45, 2.75) is 6.92 Å². The molecule has 0 aliphatic heterocycles. The number of ether oxygens (including phenoxy) is 1. The van der Waals surface area contributed by atoms with Gasteiger partial charge in [-0.1, -0.05) is 12.1 Å². The van der Waals surface area contributed by atoms with Crippen molar-refractivity contribution in [1.82, 2.24) is 4.98 Å². The van der Waals surface area contributed by atoms with Gasteiger partial charge in [0.25, 0.3) is 5.69 Å². The minimum absolute atomic E-state index is 0.0668. The van der Waals surface area contributed by atoms with Crippen LogP contribution < -0.4 is 4.74 Å². The molecular weight excluding hydrogens is 422 g/mol. The Hall–Kier alpha value is -4.10. The monoisotopic (exact) mass is 439 g/mol. The maximum Gasteiger partial charge on any atom is 0.270 e. The fourth-order valence-corrected chi connectivity index (χ4v) is 4.46. The molecule has 4 aromatic carbocycles. The van der Waals surface area contributed by atoms with Gasteiger partial charge < -0.3 is 4.74 Å². The first-order valence-corrected chi connectivity index (χ1v) is 10.7. The first-order valence-electron chi connectivity index (χ1n) is 9.90. The number of benzene rings is 4. The topological polar surface area (TPSA) is 77.6 Å². The maximum atomic E-state index is 10.9. The molecule has 0 N–H and O–H groups in total. The lowest BCUT2D eigenvalue weighted by atomic mass is 10.1. The maximum absolute atomic E-state index is 10.9. The second-order valence-corrected chi connectivity index (χ2v) is 8.37. The highest BCUT2D eigenvalue weighted by molar-refractivity contribution is 7.21. The molecule has 0 amide bonds. The van der Waals surface area contributed by atoms with E-state index in [2.05, 4.69) is 30.1 Å². The number of aromatic nitrogens is 1. The van der Waals surface area contributed by atoms with Crippen LogP contribution in [0.25, 0.3) is 31.6 Å². The highest BCUT2D eigenvalue weighted by Crippen LogP contribution is 2.31. The highest BCUT2D eigenvalue weighted by atomic mass is 32.1. The number of non-ortho nitro benzene ring substituents is 1. The molecule has 1 heterocycles. The summed E-state index contributed by atoms with van der Waals surface area (Å²) in [4.78, 5) is 19.6. The van der Waals surface area contributed by atoms with Gasteiger partial charge in [0.15, 0.2) is 6.40 Å². The third kappa shape index (κ3) is 4.06. The SMILES string of the molecule is Cc1ccc2nc(-c3ccc(N=COc4ccc5cc([N+](=O)[O-])ccc5c4)cc3)sc2c1. The third-order valence-corrected chi connectivity index (χ3v) is 6.12. The van der Waals surface area contributed by atoms with Gasteiger partial charge in [-0.3, -0.25) is 10.1 Å². The Kier molecular flexibility index (Phi) is 5.09. The van der Waals surface area contributed by atoms with Crippen molar-refractivity contribution in [3.63, 3.8) is 0 Å². The van der Waals surface area contributed by atoms with E-state index in [1.807, 2.05) is 30.3 Å². The highest BCUT2D eigenvalue weighted by Gasteiger charge is 2.07. The molecule has 0 saturated carbocycles. The van der Waals surface area contributed by atoms with E-state index in [-0.39, 0.29) is 5.69 Å². The van der Waals surface area contributed by atoms with E-state index < -0.39 is 4.92 Å². The number of aliphatic imine (C=N–C) groups is 1. The number of thiazole rings is 1. The molecule has 1 aromatic heterocycles. The number of nitrogens with zero attached hydrogens (tertiary/aromatic N) is 3. The minimum atomic E-state index is -0.403. The van der Waals surface area contributed by atoms with Crippen molar-refractivity contribution in [2.24, 2.45) is 4.99 Å². The van der Waals surface area contributed by atoms with Gasteiger partial charge in [0.2, 0.25) is 0 Å². The zero-order valence-electron chi connectivity index (χ0n) is 17.1. The van der Waals surface area contributed by atoms with Gasteiger partial charge in [-0.15, -0.1) is 11.3 Å². The summed E-state index contributed by atoms with van der Waals surface area (Å²) in [5.74, 6) is 0.608. The number of rotatable bonds is 5. The smallest absolute Gasteiger partial charge is 0.270 e. The number of aryl methyl sites for hydroxylation is 1. The average molecular weight is 439 g/mol. The molecular formula is C25H17N3O3S. The predicted molar refractivity (Wildman–Crippen MR) is 129 cm³/mol. The standard InChI is InChI=1S/C25H17N3O3S/c1-16-2-11-23-24(12-16)32-25(27-23)17-3-7-20(8-4-17)26-15-31-22-10-6-18-13-21(28(29)30)9-5-19(18)14-22/h2-15H,1H3. The molecule has 0 unspecified atom stereocenters. The van der Waals surface area contributed by atoms with Gasteiger partial charge in [-0.25, -0.2) is 9.98 Å². The molecule has 0 atom stereocenters. The first kappa shape index (κ1) is 19.8. The van der Waals surface area contributed by atoms with Crippen LogP contribution in [0.15, 0.2) is 83.9 Å². The third-order valence-electron chi connectivity index (χ3n) is 5.05. The van der Waals surface area contributed by atoms with E-state index in [0.717, 1.165) is 32.5 Å². The van der Waals surface area contributed by atoms with Gasteiger partial charge in [-0.05, 0) is 77.9 Å². The van der Waals surface area contributed by atoms with E-state index in [0.29, 0.717) is 5.75 Å². The van der Waals surface area contributed by atoms with Gasteiger partial charge in [0.05, 0.1) is 20.8 Å². The summed E-state index contributed by atoms with van der Waals surface area (Å²) < 4.78 is 6.81. The Morgan fingerprint density at radius 1 is 0.969 bits per heavy atom. The summed E-state index contributed by atoms with van der Waals surface area (Å²) in [6, 6.07) is 24.2. The van der Waals surface area contributed by atoms with E-state index in [1.54, 1.807) is 35.6 Å². The second-order valence-electron chi connectivity index (χ2n) is 7.34. The molecule has 156 valence electrons. The van der Waals surface area contributed by atoms with Crippen LogP contribution in [-0.2, 0) is 0 Å². The van der Waals surface area contributed by atoms with Crippen LogP contribution in [0.3, 0.4) is 0 Å². The lowest BCUT2D eigenvalue weighted by molar-refractivity contribution is -0.384. The zero-order valence-corrected chi connectivity index (χ0v) is 17.9. The van der Waals surface area contributed by atoms with Gasteiger partial charge >= 0.3 is 0 Å². The van der Waals surface area contributed by atoms with Gasteiger partial charge in [-0.2, -0.15) is 0 Å². The van der Waals surface area contributed by atoms with E-state index in [4.69, 9.17) is 9.72 Å². The van der Waals surface area contributed by atoms with Crippen molar-refractivity contribution in [2.75, 3.05) is 0 Å². The van der Waals surface area contributed by atoms with Crippen molar-refractivity contribution >= 4 is 50.1 Å². The number of fused-ring (bicyclic) bond motifs is 2. The first-order chi connectivity index (χ1) is 15.5. The Morgan fingerprint density at radius 3 is 2.56 bits per heavy atom. The molecule has 6 nitrogen and oxygen atoms in total. The Morgan fingerprint density at radius 2 is 1.75 bits per heavy atom. The number of nitro benzene ring substituents is 1. The lowest BCUT2D eigenvalue weighted by Crippen LogP contribution is -1.90. The Bertz CT molecular complexity index is 1490. The minimum Gasteiger partial charge on any atom is -0.446 e. The van der Waals surface area contributed by atoms with Crippen molar-refractivity contribution in [3.05, 3.63) is 94.5 Å². The van der Waals surface area contributed by atoms with Crippen molar-refractivity contribution in [1.29, 1.82) is 0 Å². The van der Waals surface area contributed by atoms with E-state index in [1.165, 1.54) is 22.7 Å². The number of hydrogen-bond acceptors (Lipinski definition) is 6. The summed E-state index contributed by atoms with van der Waals surface area (Å²) in [7, 11) is 0. The van der Waals surface area contributed by atoms with Crippen LogP contribution >= 0.6 is 11.3 Å². The summed E-state index contributed by atoms with van der Waals surface area (Å²) >= 11 is 1.68. The average Bonchev–Trinajstić information content (AvgIpc) is 3.22. The molecule has 0 saturated heterocycles. The summed E-state index contributed by atoms with van der Waals surface area (Å²) in [5, 5.41) is 13.5. The summed E-state index contributed by atoms with van der Waals surface area (Å²) in [5.41, 5.74) is 4.12. The molecule has 0 radical (unpaired) electrons. The quantitative estimate of drug-likeness (QED) is 0.127. The molecule has 0 aliphatic carbocycles. The van der Waals surface area contributed by atoms with E-state index >= 15 is 0 Å². The van der Waals surface area contributed by atoms with E-state index in [9.17, 15) is 10.1 Å². The largest absolute Gasteiger partial charge is 0.446 e. The molecule has 0 aliphatic rings. The normalized spacial score (nSPS) is 11.4. The molecule has 0 bridgehead atoms. The molecule has 0 spiro atoms. The van der Waals surface area contributed by atoms with Crippen LogP contribution in [0, 0.1) is 17.0 Å². The second kappa shape index (κ2) is 8.20. The van der Waals surface area contributed by atoms with Gasteiger partial charge in [0.1, 0.15) is 10.8 Å². The molecule has 5 rings (SSSR count). The van der Waals surface area contributed by atoms with Gasteiger partial charge in [0, 0.05) is 17.7 Å². The van der Waals surface area contributed by atoms with Crippen LogP contribution in [0.2, 0.25) is 0 Å². The zero-order chi connectivity index (χ0) is 22.1. The molecule has 32 heavy (non-hydrogen) atoms. The van der Waals surface area contributed by atoms with Crippen LogP contribution in [-0.4, -0.2) is 16.3 Å². The fraction of sp³-hybridized carbons (Fsp3) is 0.0400. The Labute approximate surface area is 187 Å². The molecule has 7 heteroatoms. The fourth-order valence-electron chi connectivity index (χ4n) is 3.39. The van der Waals surface area contributed by atoms with Crippen LogP contribution in [0.4, 0.5) is 11.4 Å². The predicted octanol–water partition coefficient (Wildman–Crippen LogP) is 7.07. The lowest BCUT2D eigenvalue weighted by Gasteiger charge is -2.03. The molecule has 5 aromatic rings. The number of hydrogen-bond donors (Lipinski definition) is 0. The Balaban J connectivity index is 1.29. The van der Waals surface area contributed by atoms with Crippen molar-refractivity contribution < 1.29 is 9.66 Å². The van der Waals surface area contributed by atoms with Crippen LogP contribution in [0.1, 0.15) is 5.56 Å². The number of nitro groups is 1. The molecule has 0 fully saturated rings. The summed E-state index contributed by atoms with van der Waals surface area (Å²) in [6.07, 6.45) is 1.39.